The second-order valence-corrected chi connectivity index (χ2v) is 5.87. The van der Waals surface area contributed by atoms with E-state index in [4.69, 9.17) is 5.73 Å². The molecule has 0 unspecified atom stereocenters. The standard InChI is InChI=1S/C16H22N2/c1-18-11-13(14-6-2-3-7-15(14)18)10-16(12-17)8-4-5-9-16/h2-3,6-7,11H,4-5,8-10,12,17H2,1H3. The maximum Gasteiger partial charge on any atom is 0.0480 e. The van der Waals surface area contributed by atoms with Gasteiger partial charge >= 0.3 is 0 Å². The van der Waals surface area contributed by atoms with Gasteiger partial charge in [0, 0.05) is 24.1 Å². The van der Waals surface area contributed by atoms with Crippen molar-refractivity contribution < 1.29 is 0 Å². The Hall–Kier alpha value is -1.28. The molecule has 2 aromatic rings. The molecule has 2 heteroatoms. The third-order valence-electron chi connectivity index (χ3n) is 4.64. The van der Waals surface area contributed by atoms with Gasteiger partial charge in [0.25, 0.3) is 0 Å². The second-order valence-electron chi connectivity index (χ2n) is 5.87. The monoisotopic (exact) mass is 242 g/mol. The summed E-state index contributed by atoms with van der Waals surface area (Å²) in [6, 6.07) is 8.68. The van der Waals surface area contributed by atoms with E-state index in [1.807, 2.05) is 0 Å². The predicted octanol–water partition coefficient (Wildman–Crippen LogP) is 3.24. The van der Waals surface area contributed by atoms with Crippen LogP contribution in [0.1, 0.15) is 31.2 Å². The number of aryl methyl sites for hydroxylation is 1. The molecule has 0 atom stereocenters. The van der Waals surface area contributed by atoms with Crippen LogP contribution < -0.4 is 5.73 Å². The lowest BCUT2D eigenvalue weighted by Gasteiger charge is -2.26. The van der Waals surface area contributed by atoms with Crippen molar-refractivity contribution in [2.75, 3.05) is 6.54 Å². The average molecular weight is 242 g/mol. The molecule has 0 aliphatic heterocycles. The minimum absolute atomic E-state index is 0.365. The summed E-state index contributed by atoms with van der Waals surface area (Å²) in [7, 11) is 2.13. The molecule has 1 aromatic carbocycles. The zero-order valence-electron chi connectivity index (χ0n) is 11.2. The van der Waals surface area contributed by atoms with E-state index in [1.54, 1.807) is 0 Å². The van der Waals surface area contributed by atoms with Gasteiger partial charge < -0.3 is 10.3 Å². The lowest BCUT2D eigenvalue weighted by molar-refractivity contribution is 0.307. The number of benzene rings is 1. The summed E-state index contributed by atoms with van der Waals surface area (Å²) >= 11 is 0. The fraction of sp³-hybridized carbons (Fsp3) is 0.500. The molecule has 0 bridgehead atoms. The smallest absolute Gasteiger partial charge is 0.0480 e. The highest BCUT2D eigenvalue weighted by atomic mass is 14.9. The number of hydrogen-bond donors (Lipinski definition) is 1. The van der Waals surface area contributed by atoms with E-state index in [0.29, 0.717) is 5.41 Å². The number of fused-ring (bicyclic) bond motifs is 1. The first kappa shape index (κ1) is 11.8. The highest BCUT2D eigenvalue weighted by Crippen LogP contribution is 2.41. The maximum atomic E-state index is 6.06. The van der Waals surface area contributed by atoms with Gasteiger partial charge in [-0.3, -0.25) is 0 Å². The summed E-state index contributed by atoms with van der Waals surface area (Å²) in [6.07, 6.45) is 8.73. The van der Waals surface area contributed by atoms with Gasteiger partial charge in [-0.15, -0.1) is 0 Å². The second kappa shape index (κ2) is 4.43. The van der Waals surface area contributed by atoms with Gasteiger partial charge in [0.2, 0.25) is 0 Å². The number of para-hydroxylation sites is 1. The first-order chi connectivity index (χ1) is 8.74. The Bertz CT molecular complexity index is 547. The van der Waals surface area contributed by atoms with Gasteiger partial charge in [0.05, 0.1) is 0 Å². The number of rotatable bonds is 3. The average Bonchev–Trinajstić information content (AvgIpc) is 2.98. The van der Waals surface area contributed by atoms with E-state index in [9.17, 15) is 0 Å². The molecule has 2 nitrogen and oxygen atoms in total. The number of aromatic nitrogens is 1. The maximum absolute atomic E-state index is 6.06. The molecular weight excluding hydrogens is 220 g/mol. The van der Waals surface area contributed by atoms with Crippen molar-refractivity contribution in [3.8, 4) is 0 Å². The molecule has 1 aliphatic rings. The fourth-order valence-electron chi connectivity index (χ4n) is 3.55. The van der Waals surface area contributed by atoms with Crippen molar-refractivity contribution in [2.45, 2.75) is 32.1 Å². The largest absolute Gasteiger partial charge is 0.350 e. The van der Waals surface area contributed by atoms with Gasteiger partial charge in [-0.05, 0) is 42.9 Å². The van der Waals surface area contributed by atoms with E-state index >= 15 is 0 Å². The van der Waals surface area contributed by atoms with Crippen LogP contribution in [0.3, 0.4) is 0 Å². The quantitative estimate of drug-likeness (QED) is 0.880. The molecule has 1 aromatic heterocycles. The Morgan fingerprint density at radius 2 is 1.94 bits per heavy atom. The Morgan fingerprint density at radius 3 is 2.67 bits per heavy atom. The van der Waals surface area contributed by atoms with Gasteiger partial charge in [0.15, 0.2) is 0 Å². The molecule has 1 heterocycles. The minimum Gasteiger partial charge on any atom is -0.350 e. The zero-order valence-corrected chi connectivity index (χ0v) is 11.2. The highest BCUT2D eigenvalue weighted by Gasteiger charge is 2.33. The SMILES string of the molecule is Cn1cc(CC2(CN)CCCC2)c2ccccc21. The molecule has 0 amide bonds. The molecule has 0 saturated heterocycles. The normalized spacial score (nSPS) is 18.6. The van der Waals surface area contributed by atoms with Crippen molar-refractivity contribution in [3.63, 3.8) is 0 Å². The fourth-order valence-corrected chi connectivity index (χ4v) is 3.55. The van der Waals surface area contributed by atoms with Crippen LogP contribution in [0.5, 0.6) is 0 Å². The summed E-state index contributed by atoms with van der Waals surface area (Å²) in [6.45, 7) is 0.830. The lowest BCUT2D eigenvalue weighted by Crippen LogP contribution is -2.29. The van der Waals surface area contributed by atoms with Crippen LogP contribution in [0, 0.1) is 5.41 Å². The summed E-state index contributed by atoms with van der Waals surface area (Å²) in [5.74, 6) is 0. The number of hydrogen-bond acceptors (Lipinski definition) is 1. The van der Waals surface area contributed by atoms with Crippen molar-refractivity contribution >= 4 is 10.9 Å². The summed E-state index contributed by atoms with van der Waals surface area (Å²) in [5.41, 5.74) is 9.23. The predicted molar refractivity (Wildman–Crippen MR) is 76.6 cm³/mol. The van der Waals surface area contributed by atoms with E-state index in [2.05, 4.69) is 42.1 Å². The van der Waals surface area contributed by atoms with Crippen molar-refractivity contribution in [1.82, 2.24) is 4.57 Å². The van der Waals surface area contributed by atoms with Crippen molar-refractivity contribution in [1.29, 1.82) is 0 Å². The highest BCUT2D eigenvalue weighted by molar-refractivity contribution is 5.83. The first-order valence-electron chi connectivity index (χ1n) is 6.97. The van der Waals surface area contributed by atoms with Gasteiger partial charge in [-0.25, -0.2) is 0 Å². The van der Waals surface area contributed by atoms with E-state index in [1.165, 1.54) is 42.1 Å². The first-order valence-corrected chi connectivity index (χ1v) is 6.97. The zero-order chi connectivity index (χ0) is 12.6. The Balaban J connectivity index is 1.99. The van der Waals surface area contributed by atoms with Crippen LogP contribution in [0.4, 0.5) is 0 Å². The molecular formula is C16H22N2. The summed E-state index contributed by atoms with van der Waals surface area (Å²) in [4.78, 5) is 0. The van der Waals surface area contributed by atoms with Gasteiger partial charge in [-0.1, -0.05) is 31.0 Å². The Kier molecular flexibility index (Phi) is 2.90. The number of nitrogens with zero attached hydrogens (tertiary/aromatic N) is 1. The molecule has 3 rings (SSSR count). The van der Waals surface area contributed by atoms with Crippen molar-refractivity contribution in [2.24, 2.45) is 18.2 Å². The third-order valence-corrected chi connectivity index (χ3v) is 4.64. The summed E-state index contributed by atoms with van der Waals surface area (Å²) < 4.78 is 2.24. The Morgan fingerprint density at radius 1 is 1.22 bits per heavy atom. The topological polar surface area (TPSA) is 30.9 Å². The molecule has 0 spiro atoms. The minimum atomic E-state index is 0.365. The van der Waals surface area contributed by atoms with Crippen LogP contribution in [0.2, 0.25) is 0 Å². The van der Waals surface area contributed by atoms with Gasteiger partial charge in [0.1, 0.15) is 0 Å². The van der Waals surface area contributed by atoms with Crippen LogP contribution in [0.15, 0.2) is 30.5 Å². The van der Waals surface area contributed by atoms with Gasteiger partial charge in [-0.2, -0.15) is 0 Å². The van der Waals surface area contributed by atoms with Crippen LogP contribution >= 0.6 is 0 Å². The molecule has 2 N–H and O–H groups in total. The molecule has 18 heavy (non-hydrogen) atoms. The van der Waals surface area contributed by atoms with Crippen LogP contribution in [-0.4, -0.2) is 11.1 Å². The molecule has 96 valence electrons. The molecule has 1 saturated carbocycles. The van der Waals surface area contributed by atoms with E-state index < -0.39 is 0 Å². The number of nitrogens with two attached hydrogens (primary N) is 1. The van der Waals surface area contributed by atoms with E-state index in [-0.39, 0.29) is 0 Å². The summed E-state index contributed by atoms with van der Waals surface area (Å²) in [5, 5.41) is 1.40. The molecule has 1 fully saturated rings. The molecule has 1 aliphatic carbocycles. The lowest BCUT2D eigenvalue weighted by atomic mass is 9.80. The van der Waals surface area contributed by atoms with Crippen molar-refractivity contribution in [3.05, 3.63) is 36.0 Å². The van der Waals surface area contributed by atoms with Crippen LogP contribution in [-0.2, 0) is 13.5 Å². The van der Waals surface area contributed by atoms with Crippen LogP contribution in [0.25, 0.3) is 10.9 Å². The van der Waals surface area contributed by atoms with E-state index in [0.717, 1.165) is 13.0 Å². The Labute approximate surface area is 109 Å². The third kappa shape index (κ3) is 1.85. The molecule has 0 radical (unpaired) electrons.